The molecule has 0 saturated heterocycles. The van der Waals surface area contributed by atoms with Crippen LogP contribution in [0.2, 0.25) is 0 Å². The van der Waals surface area contributed by atoms with Crippen molar-refractivity contribution in [1.29, 1.82) is 0 Å². The van der Waals surface area contributed by atoms with Crippen LogP contribution in [0.25, 0.3) is 0 Å². The van der Waals surface area contributed by atoms with E-state index in [2.05, 4.69) is 4.98 Å². The second kappa shape index (κ2) is 5.23. The summed E-state index contributed by atoms with van der Waals surface area (Å²) in [6.45, 7) is 5.36. The maximum absolute atomic E-state index is 12.6. The second-order valence-electron chi connectivity index (χ2n) is 4.81. The summed E-state index contributed by atoms with van der Waals surface area (Å²) in [4.78, 5) is 15.0. The molecule has 1 rings (SSSR count). The third kappa shape index (κ3) is 4.91. The quantitative estimate of drug-likeness (QED) is 0.648. The zero-order chi connectivity index (χ0) is 13.1. The van der Waals surface area contributed by atoms with Gasteiger partial charge in [-0.15, -0.1) is 0 Å². The first-order valence-corrected chi connectivity index (χ1v) is 5.37. The number of ether oxygens (including phenoxy) is 1. The van der Waals surface area contributed by atoms with E-state index in [-0.39, 0.29) is 12.4 Å². The van der Waals surface area contributed by atoms with Gasteiger partial charge in [0.2, 0.25) is 5.95 Å². The number of esters is 1. The van der Waals surface area contributed by atoms with E-state index < -0.39 is 17.6 Å². The first-order chi connectivity index (χ1) is 7.78. The Hall–Kier alpha value is -1.49. The Labute approximate surface area is 100.0 Å². The molecule has 5 heteroatoms. The van der Waals surface area contributed by atoms with Crippen molar-refractivity contribution in [2.75, 3.05) is 0 Å². The molecule has 0 amide bonds. The molecule has 1 atom stereocenters. The summed E-state index contributed by atoms with van der Waals surface area (Å²) in [5, 5.41) is 0. The van der Waals surface area contributed by atoms with Crippen LogP contribution in [0.15, 0.2) is 18.3 Å². The van der Waals surface area contributed by atoms with Crippen LogP contribution in [-0.2, 0) is 9.53 Å². The van der Waals surface area contributed by atoms with Crippen molar-refractivity contribution >= 4 is 5.97 Å². The van der Waals surface area contributed by atoms with Gasteiger partial charge in [0.15, 0.2) is 0 Å². The molecule has 1 heterocycles. The molecule has 0 aromatic carbocycles. The van der Waals surface area contributed by atoms with Gasteiger partial charge in [-0.05, 0) is 32.4 Å². The summed E-state index contributed by atoms with van der Waals surface area (Å²) in [7, 11) is 0. The number of hydrogen-bond acceptors (Lipinski definition) is 4. The first-order valence-electron chi connectivity index (χ1n) is 5.37. The number of carbonyl (C=O) groups excluding carboxylic acids is 1. The molecular formula is C12H17FN2O2. The van der Waals surface area contributed by atoms with E-state index in [4.69, 9.17) is 10.5 Å². The van der Waals surface area contributed by atoms with Gasteiger partial charge in [0, 0.05) is 12.2 Å². The van der Waals surface area contributed by atoms with Crippen LogP contribution in [-0.4, -0.2) is 16.6 Å². The molecule has 0 aliphatic carbocycles. The summed E-state index contributed by atoms with van der Waals surface area (Å²) in [6, 6.07) is 2.19. The summed E-state index contributed by atoms with van der Waals surface area (Å²) >= 11 is 0. The van der Waals surface area contributed by atoms with Gasteiger partial charge in [-0.3, -0.25) is 4.79 Å². The molecule has 17 heavy (non-hydrogen) atoms. The molecule has 1 aromatic rings. The zero-order valence-electron chi connectivity index (χ0n) is 10.2. The van der Waals surface area contributed by atoms with E-state index in [1.165, 1.54) is 18.3 Å². The predicted octanol–water partition coefficient (Wildman–Crippen LogP) is 1.95. The molecule has 0 aliphatic rings. The Morgan fingerprint density at radius 3 is 2.65 bits per heavy atom. The highest BCUT2D eigenvalue weighted by Crippen LogP contribution is 2.16. The van der Waals surface area contributed by atoms with Crippen molar-refractivity contribution in [3.8, 4) is 0 Å². The SMILES string of the molecule is CC(C)(C)OC(=O)CC(N)c1ccc(F)nc1. The van der Waals surface area contributed by atoms with Crippen molar-refractivity contribution in [2.45, 2.75) is 38.8 Å². The Kier molecular flexibility index (Phi) is 4.17. The van der Waals surface area contributed by atoms with Gasteiger partial charge >= 0.3 is 5.97 Å². The number of hydrogen-bond donors (Lipinski definition) is 1. The standard InChI is InChI=1S/C12H17FN2O2/c1-12(2,3)17-11(16)6-9(14)8-4-5-10(13)15-7-8/h4-5,7,9H,6,14H2,1-3H3. The fourth-order valence-electron chi connectivity index (χ4n) is 1.29. The van der Waals surface area contributed by atoms with Crippen LogP contribution in [0, 0.1) is 5.95 Å². The van der Waals surface area contributed by atoms with E-state index in [0.29, 0.717) is 5.56 Å². The molecular weight excluding hydrogens is 223 g/mol. The van der Waals surface area contributed by atoms with Crippen LogP contribution in [0.4, 0.5) is 4.39 Å². The monoisotopic (exact) mass is 240 g/mol. The minimum Gasteiger partial charge on any atom is -0.460 e. The maximum Gasteiger partial charge on any atom is 0.308 e. The van der Waals surface area contributed by atoms with Crippen LogP contribution in [0.1, 0.15) is 38.8 Å². The third-order valence-corrected chi connectivity index (χ3v) is 1.99. The number of pyridine rings is 1. The van der Waals surface area contributed by atoms with Gasteiger partial charge in [-0.2, -0.15) is 4.39 Å². The normalized spacial score (nSPS) is 13.2. The highest BCUT2D eigenvalue weighted by molar-refractivity contribution is 5.70. The van der Waals surface area contributed by atoms with Crippen LogP contribution in [0.3, 0.4) is 0 Å². The summed E-state index contributed by atoms with van der Waals surface area (Å²) in [6.07, 6.45) is 1.37. The van der Waals surface area contributed by atoms with Crippen molar-refractivity contribution in [3.63, 3.8) is 0 Å². The van der Waals surface area contributed by atoms with Gasteiger partial charge < -0.3 is 10.5 Å². The van der Waals surface area contributed by atoms with Gasteiger partial charge in [0.05, 0.1) is 6.42 Å². The summed E-state index contributed by atoms with van der Waals surface area (Å²) in [5.74, 6) is -0.951. The smallest absolute Gasteiger partial charge is 0.308 e. The fraction of sp³-hybridized carbons (Fsp3) is 0.500. The first kappa shape index (κ1) is 13.6. The molecule has 0 radical (unpaired) electrons. The van der Waals surface area contributed by atoms with Crippen molar-refractivity contribution < 1.29 is 13.9 Å². The lowest BCUT2D eigenvalue weighted by Gasteiger charge is -2.20. The number of aromatic nitrogens is 1. The van der Waals surface area contributed by atoms with Crippen LogP contribution in [0.5, 0.6) is 0 Å². The average Bonchev–Trinajstić information content (AvgIpc) is 2.15. The highest BCUT2D eigenvalue weighted by Gasteiger charge is 2.19. The van der Waals surface area contributed by atoms with Gasteiger partial charge in [-0.1, -0.05) is 6.07 Å². The Morgan fingerprint density at radius 1 is 1.53 bits per heavy atom. The Morgan fingerprint density at radius 2 is 2.18 bits per heavy atom. The molecule has 0 aliphatic heterocycles. The maximum atomic E-state index is 12.6. The van der Waals surface area contributed by atoms with E-state index in [1.54, 1.807) is 20.8 Å². The van der Waals surface area contributed by atoms with Gasteiger partial charge in [-0.25, -0.2) is 4.98 Å². The van der Waals surface area contributed by atoms with Crippen molar-refractivity contribution in [2.24, 2.45) is 5.73 Å². The fourth-order valence-corrected chi connectivity index (χ4v) is 1.29. The number of nitrogens with zero attached hydrogens (tertiary/aromatic N) is 1. The number of nitrogens with two attached hydrogens (primary N) is 1. The van der Waals surface area contributed by atoms with E-state index in [0.717, 1.165) is 0 Å². The number of halogens is 1. The molecule has 1 aromatic heterocycles. The van der Waals surface area contributed by atoms with E-state index >= 15 is 0 Å². The molecule has 4 nitrogen and oxygen atoms in total. The molecule has 94 valence electrons. The molecule has 0 fully saturated rings. The average molecular weight is 240 g/mol. The lowest BCUT2D eigenvalue weighted by atomic mass is 10.1. The minimum atomic E-state index is -0.571. The van der Waals surface area contributed by atoms with Crippen molar-refractivity contribution in [3.05, 3.63) is 29.8 Å². The largest absolute Gasteiger partial charge is 0.460 e. The molecule has 0 bridgehead atoms. The molecule has 1 unspecified atom stereocenters. The van der Waals surface area contributed by atoms with Gasteiger partial charge in [0.1, 0.15) is 5.60 Å². The lowest BCUT2D eigenvalue weighted by Crippen LogP contribution is -2.26. The van der Waals surface area contributed by atoms with Crippen LogP contribution >= 0.6 is 0 Å². The number of rotatable bonds is 3. The third-order valence-electron chi connectivity index (χ3n) is 1.99. The minimum absolute atomic E-state index is 0.0462. The Bertz CT molecular complexity index is 384. The molecule has 0 spiro atoms. The summed E-state index contributed by atoms with van der Waals surface area (Å²) in [5.41, 5.74) is 5.88. The zero-order valence-corrected chi connectivity index (χ0v) is 10.2. The van der Waals surface area contributed by atoms with E-state index in [1.807, 2.05) is 0 Å². The molecule has 0 saturated carbocycles. The van der Waals surface area contributed by atoms with Crippen molar-refractivity contribution in [1.82, 2.24) is 4.98 Å². The lowest BCUT2D eigenvalue weighted by molar-refractivity contribution is -0.155. The second-order valence-corrected chi connectivity index (χ2v) is 4.81. The highest BCUT2D eigenvalue weighted by atomic mass is 19.1. The van der Waals surface area contributed by atoms with Crippen LogP contribution < -0.4 is 5.73 Å². The topological polar surface area (TPSA) is 65.2 Å². The number of carbonyl (C=O) groups is 1. The van der Waals surface area contributed by atoms with Gasteiger partial charge in [0.25, 0.3) is 0 Å². The molecule has 2 N–H and O–H groups in total. The Balaban J connectivity index is 2.57. The van der Waals surface area contributed by atoms with E-state index in [9.17, 15) is 9.18 Å². The predicted molar refractivity (Wildman–Crippen MR) is 61.6 cm³/mol. The summed E-state index contributed by atoms with van der Waals surface area (Å²) < 4.78 is 17.7.